The molecule has 0 N–H and O–H groups in total. The van der Waals surface area contributed by atoms with Crippen LogP contribution >= 0.6 is 22.7 Å². The second-order valence-electron chi connectivity index (χ2n) is 12.7. The Hall–Kier alpha value is -6.21. The molecule has 0 aliphatic heterocycles. The van der Waals surface area contributed by atoms with Crippen LogP contribution in [0.3, 0.4) is 0 Å². The smallest absolute Gasteiger partial charge is 0.167 e. The molecule has 0 unspecified atom stereocenters. The highest BCUT2D eigenvalue weighted by Crippen LogP contribution is 2.43. The molecule has 0 aliphatic carbocycles. The van der Waals surface area contributed by atoms with Gasteiger partial charge in [-0.2, -0.15) is 0 Å². The normalized spacial score (nSPS) is 11.9. The minimum absolute atomic E-state index is 0.579. The fraction of sp³-hybridized carbons (Fsp3) is 0. The Balaban J connectivity index is 1.12. The van der Waals surface area contributed by atoms with Crippen molar-refractivity contribution in [3.63, 3.8) is 0 Å². The quantitative estimate of drug-likeness (QED) is 0.185. The minimum Gasteiger partial charge on any atom is -0.455 e. The molecular weight excluding hydrogens is 663 g/mol. The Bertz CT molecular complexity index is 3160. The molecule has 7 aromatic carbocycles. The zero-order valence-corrected chi connectivity index (χ0v) is 28.6. The van der Waals surface area contributed by atoms with Crippen LogP contribution in [0.1, 0.15) is 0 Å². The Labute approximate surface area is 299 Å². The van der Waals surface area contributed by atoms with E-state index in [4.69, 9.17) is 19.4 Å². The first kappa shape index (κ1) is 28.6. The van der Waals surface area contributed by atoms with Crippen LogP contribution in [0, 0.1) is 0 Å². The second-order valence-corrected chi connectivity index (χ2v) is 14.9. The first-order valence-electron chi connectivity index (χ1n) is 16.9. The molecule has 6 heteroatoms. The van der Waals surface area contributed by atoms with Crippen LogP contribution in [0.2, 0.25) is 0 Å². The van der Waals surface area contributed by atoms with Crippen molar-refractivity contribution < 1.29 is 4.42 Å². The van der Waals surface area contributed by atoms with E-state index >= 15 is 0 Å². The Kier molecular flexibility index (Phi) is 6.26. The summed E-state index contributed by atoms with van der Waals surface area (Å²) in [5.41, 5.74) is 6.69. The van der Waals surface area contributed by atoms with Gasteiger partial charge in [0.2, 0.25) is 0 Å². The van der Waals surface area contributed by atoms with Crippen molar-refractivity contribution in [3.05, 3.63) is 152 Å². The summed E-state index contributed by atoms with van der Waals surface area (Å²) in [6.45, 7) is 0. The Morgan fingerprint density at radius 3 is 1.88 bits per heavy atom. The van der Waals surface area contributed by atoms with Crippen molar-refractivity contribution in [3.8, 4) is 45.3 Å². The van der Waals surface area contributed by atoms with Gasteiger partial charge >= 0.3 is 0 Å². The molecule has 0 saturated heterocycles. The lowest BCUT2D eigenvalue weighted by Crippen LogP contribution is -2.00. The number of hydrogen-bond acceptors (Lipinski definition) is 6. The molecule has 0 fully saturated rings. The number of furan rings is 1. The summed E-state index contributed by atoms with van der Waals surface area (Å²) in [6, 6.07) is 53.1. The van der Waals surface area contributed by atoms with Crippen LogP contribution in [0.25, 0.3) is 108 Å². The summed E-state index contributed by atoms with van der Waals surface area (Å²) in [4.78, 5) is 15.4. The van der Waals surface area contributed by atoms with Crippen LogP contribution < -0.4 is 0 Å². The first-order valence-corrected chi connectivity index (χ1v) is 18.5. The number of fused-ring (bicyclic) bond motifs is 9. The molecule has 238 valence electrons. The van der Waals surface area contributed by atoms with Crippen LogP contribution in [0.4, 0.5) is 0 Å². The van der Waals surface area contributed by atoms with Gasteiger partial charge in [0.05, 0.1) is 5.56 Å². The molecular formula is C45H25N3OS2. The number of nitrogens with zero attached hydrogens (tertiary/aromatic N) is 3. The van der Waals surface area contributed by atoms with Gasteiger partial charge in [-0.25, -0.2) is 15.0 Å². The predicted molar refractivity (Wildman–Crippen MR) is 215 cm³/mol. The number of benzene rings is 7. The number of aromatic nitrogens is 3. The SMILES string of the molecule is c1ccc(-c2nc(-c3cccc4c3oc3cc(-c5cccc6c5sc5ccccc56)ccc34)nc(-c3cccc4sc5ccccc5c34)n2)cc1. The van der Waals surface area contributed by atoms with Gasteiger partial charge in [-0.05, 0) is 47.5 Å². The second kappa shape index (κ2) is 11.2. The van der Waals surface area contributed by atoms with Gasteiger partial charge in [-0.1, -0.05) is 115 Å². The highest BCUT2D eigenvalue weighted by Gasteiger charge is 2.20. The van der Waals surface area contributed by atoms with Gasteiger partial charge < -0.3 is 4.42 Å². The monoisotopic (exact) mass is 687 g/mol. The van der Waals surface area contributed by atoms with E-state index in [9.17, 15) is 0 Å². The summed E-state index contributed by atoms with van der Waals surface area (Å²) >= 11 is 3.63. The molecule has 0 amide bonds. The van der Waals surface area contributed by atoms with E-state index in [2.05, 4.69) is 121 Å². The lowest BCUT2D eigenvalue weighted by atomic mass is 10.0. The van der Waals surface area contributed by atoms with Gasteiger partial charge in [0.25, 0.3) is 0 Å². The standard InChI is InChI=1S/C45H25N3OS2/c1-2-11-26(12-3-1)43-46-44(34-18-10-22-39-40(34)33-14-5-7-21-38(33)50-39)48-45(47-43)35-19-9-16-31-29-24-23-27(25-36(29)49-41(31)35)28-15-8-17-32-30-13-4-6-20-37(30)51-42(28)32/h1-25H. The first-order chi connectivity index (χ1) is 25.3. The third kappa shape index (κ3) is 4.47. The van der Waals surface area contributed by atoms with Crippen molar-refractivity contribution in [2.45, 2.75) is 0 Å². The summed E-state index contributed by atoms with van der Waals surface area (Å²) in [5.74, 6) is 1.84. The molecule has 0 saturated carbocycles. The van der Waals surface area contributed by atoms with E-state index in [1.165, 1.54) is 40.5 Å². The molecule has 51 heavy (non-hydrogen) atoms. The van der Waals surface area contributed by atoms with E-state index in [1.54, 1.807) is 11.3 Å². The maximum absolute atomic E-state index is 6.78. The minimum atomic E-state index is 0.579. The van der Waals surface area contributed by atoms with Gasteiger partial charge in [-0.3, -0.25) is 0 Å². The van der Waals surface area contributed by atoms with Crippen LogP contribution in [-0.2, 0) is 0 Å². The van der Waals surface area contributed by atoms with E-state index in [-0.39, 0.29) is 0 Å². The summed E-state index contributed by atoms with van der Waals surface area (Å²) in [6.07, 6.45) is 0. The zero-order chi connectivity index (χ0) is 33.5. The van der Waals surface area contributed by atoms with Gasteiger partial charge in [-0.15, -0.1) is 22.7 Å². The van der Waals surface area contributed by atoms with Crippen molar-refractivity contribution in [2.24, 2.45) is 0 Å². The molecule has 4 nitrogen and oxygen atoms in total. The van der Waals surface area contributed by atoms with E-state index in [1.807, 2.05) is 41.7 Å². The van der Waals surface area contributed by atoms with E-state index < -0.39 is 0 Å². The topological polar surface area (TPSA) is 51.8 Å². The summed E-state index contributed by atoms with van der Waals surface area (Å²) in [7, 11) is 0. The lowest BCUT2D eigenvalue weighted by molar-refractivity contribution is 0.669. The van der Waals surface area contributed by atoms with Crippen molar-refractivity contribution in [1.82, 2.24) is 15.0 Å². The fourth-order valence-electron chi connectivity index (χ4n) is 7.41. The predicted octanol–water partition coefficient (Wildman–Crippen LogP) is 13.2. The number of para-hydroxylation sites is 1. The molecule has 4 aromatic heterocycles. The van der Waals surface area contributed by atoms with Crippen LogP contribution in [0.15, 0.2) is 156 Å². The molecule has 0 bridgehead atoms. The molecule has 0 radical (unpaired) electrons. The molecule has 0 spiro atoms. The molecule has 11 rings (SSSR count). The van der Waals surface area contributed by atoms with E-state index in [0.717, 1.165) is 49.6 Å². The average molecular weight is 688 g/mol. The summed E-state index contributed by atoms with van der Waals surface area (Å²) in [5, 5.41) is 7.04. The third-order valence-electron chi connectivity index (χ3n) is 9.77. The Morgan fingerprint density at radius 2 is 1.02 bits per heavy atom. The highest BCUT2D eigenvalue weighted by atomic mass is 32.1. The van der Waals surface area contributed by atoms with Gasteiger partial charge in [0.1, 0.15) is 11.2 Å². The van der Waals surface area contributed by atoms with Gasteiger partial charge in [0.15, 0.2) is 17.5 Å². The Morgan fingerprint density at radius 1 is 0.392 bits per heavy atom. The molecule has 11 aromatic rings. The van der Waals surface area contributed by atoms with Gasteiger partial charge in [0, 0.05) is 62.2 Å². The fourth-order valence-corrected chi connectivity index (χ4v) is 9.78. The van der Waals surface area contributed by atoms with Crippen molar-refractivity contribution >= 4 is 85.0 Å². The average Bonchev–Trinajstić information content (AvgIpc) is 3.89. The molecule has 0 atom stereocenters. The van der Waals surface area contributed by atoms with Crippen molar-refractivity contribution in [2.75, 3.05) is 0 Å². The van der Waals surface area contributed by atoms with E-state index in [0.29, 0.717) is 17.5 Å². The van der Waals surface area contributed by atoms with Crippen LogP contribution in [-0.4, -0.2) is 15.0 Å². The number of hydrogen-bond donors (Lipinski definition) is 0. The third-order valence-corrected chi connectivity index (χ3v) is 12.1. The van der Waals surface area contributed by atoms with Crippen molar-refractivity contribution in [1.29, 1.82) is 0 Å². The zero-order valence-electron chi connectivity index (χ0n) is 27.0. The molecule has 0 aliphatic rings. The largest absolute Gasteiger partial charge is 0.455 e. The number of thiophene rings is 2. The highest BCUT2D eigenvalue weighted by molar-refractivity contribution is 7.26. The maximum atomic E-state index is 6.78. The maximum Gasteiger partial charge on any atom is 0.167 e. The lowest BCUT2D eigenvalue weighted by Gasteiger charge is -2.10. The number of rotatable bonds is 4. The summed E-state index contributed by atoms with van der Waals surface area (Å²) < 4.78 is 11.8. The molecule has 4 heterocycles. The van der Waals surface area contributed by atoms with Crippen LogP contribution in [0.5, 0.6) is 0 Å².